The van der Waals surface area contributed by atoms with Gasteiger partial charge in [-0.3, -0.25) is 9.89 Å². The summed E-state index contributed by atoms with van der Waals surface area (Å²) in [5.74, 6) is -0.169. The zero-order chi connectivity index (χ0) is 9.42. The van der Waals surface area contributed by atoms with Gasteiger partial charge in [0.2, 0.25) is 0 Å². The number of carbonyl (C=O) groups is 1. The molecule has 0 aliphatic heterocycles. The van der Waals surface area contributed by atoms with Crippen LogP contribution >= 0.6 is 0 Å². The molecule has 0 spiro atoms. The first-order valence-corrected chi connectivity index (χ1v) is 4.42. The Balaban J connectivity index is 2.24. The molecule has 0 fully saturated rings. The summed E-state index contributed by atoms with van der Waals surface area (Å²) in [7, 11) is 0. The number of rotatable bonds is 2. The van der Waals surface area contributed by atoms with Crippen molar-refractivity contribution in [3.63, 3.8) is 0 Å². The van der Waals surface area contributed by atoms with Crippen LogP contribution in [0.1, 0.15) is 30.5 Å². The highest BCUT2D eigenvalue weighted by molar-refractivity contribution is 5.68. The molecule has 0 saturated carbocycles. The van der Waals surface area contributed by atoms with Gasteiger partial charge in [0, 0.05) is 11.6 Å². The lowest BCUT2D eigenvalue weighted by molar-refractivity contribution is -0.137. The quantitative estimate of drug-likeness (QED) is 0.717. The van der Waals surface area contributed by atoms with E-state index in [4.69, 9.17) is 5.11 Å². The molecule has 1 aromatic heterocycles. The second-order valence-electron chi connectivity index (χ2n) is 3.69. The number of hydrogen-bond acceptors (Lipinski definition) is 2. The third-order valence-corrected chi connectivity index (χ3v) is 2.76. The summed E-state index contributed by atoms with van der Waals surface area (Å²) in [6, 6.07) is 0. The first kappa shape index (κ1) is 8.29. The lowest BCUT2D eigenvalue weighted by Gasteiger charge is -2.12. The Bertz CT molecular complexity index is 332. The largest absolute Gasteiger partial charge is 0.481 e. The predicted octanol–water partition coefficient (Wildman–Crippen LogP) is 1.16. The van der Waals surface area contributed by atoms with E-state index >= 15 is 0 Å². The van der Waals surface area contributed by atoms with Crippen LogP contribution in [0.2, 0.25) is 0 Å². The average Bonchev–Trinajstić information content (AvgIpc) is 2.55. The van der Waals surface area contributed by atoms with Gasteiger partial charge < -0.3 is 5.11 Å². The zero-order valence-corrected chi connectivity index (χ0v) is 7.45. The van der Waals surface area contributed by atoms with Gasteiger partial charge in [-0.15, -0.1) is 0 Å². The number of H-pyrrole nitrogens is 1. The fourth-order valence-corrected chi connectivity index (χ4v) is 2.08. The fraction of sp³-hybridized carbons (Fsp3) is 0.556. The molecule has 2 atom stereocenters. The SMILES string of the molecule is CC1Cc2[nH]ncc2C1CC(=O)O. The number of hydrogen-bond donors (Lipinski definition) is 2. The van der Waals surface area contributed by atoms with Crippen LogP contribution in [0.15, 0.2) is 6.20 Å². The average molecular weight is 180 g/mol. The maximum atomic E-state index is 10.6. The number of fused-ring (bicyclic) bond motifs is 1. The number of nitrogens with one attached hydrogen (secondary N) is 1. The molecule has 1 aliphatic carbocycles. The van der Waals surface area contributed by atoms with Gasteiger partial charge in [-0.25, -0.2) is 0 Å². The highest BCUT2D eigenvalue weighted by atomic mass is 16.4. The second kappa shape index (κ2) is 2.87. The number of aliphatic carboxylic acids is 1. The van der Waals surface area contributed by atoms with Crippen LogP contribution in [0.4, 0.5) is 0 Å². The molecule has 4 heteroatoms. The Morgan fingerprint density at radius 3 is 3.31 bits per heavy atom. The Labute approximate surface area is 76.0 Å². The topological polar surface area (TPSA) is 66.0 Å². The van der Waals surface area contributed by atoms with Crippen molar-refractivity contribution in [3.8, 4) is 0 Å². The monoisotopic (exact) mass is 180 g/mol. The summed E-state index contributed by atoms with van der Waals surface area (Å²) < 4.78 is 0. The lowest BCUT2D eigenvalue weighted by Crippen LogP contribution is -2.09. The molecule has 4 nitrogen and oxygen atoms in total. The third-order valence-electron chi connectivity index (χ3n) is 2.76. The van der Waals surface area contributed by atoms with Crippen LogP contribution in [-0.4, -0.2) is 21.3 Å². The molecular weight excluding hydrogens is 168 g/mol. The first-order valence-electron chi connectivity index (χ1n) is 4.42. The highest BCUT2D eigenvalue weighted by Crippen LogP contribution is 2.38. The molecule has 1 aromatic rings. The van der Waals surface area contributed by atoms with Crippen LogP contribution in [0.3, 0.4) is 0 Å². The van der Waals surface area contributed by atoms with Crippen LogP contribution in [-0.2, 0) is 11.2 Å². The number of carboxylic acids is 1. The zero-order valence-electron chi connectivity index (χ0n) is 7.45. The van der Waals surface area contributed by atoms with Crippen molar-refractivity contribution in [1.82, 2.24) is 10.2 Å². The fourth-order valence-electron chi connectivity index (χ4n) is 2.08. The van der Waals surface area contributed by atoms with E-state index < -0.39 is 5.97 Å². The summed E-state index contributed by atoms with van der Waals surface area (Å²) in [5.41, 5.74) is 2.20. The van der Waals surface area contributed by atoms with Crippen LogP contribution in [0, 0.1) is 5.92 Å². The van der Waals surface area contributed by atoms with Gasteiger partial charge in [0.05, 0.1) is 12.6 Å². The van der Waals surface area contributed by atoms with E-state index in [1.165, 1.54) is 0 Å². The molecule has 2 N–H and O–H groups in total. The van der Waals surface area contributed by atoms with E-state index in [0.717, 1.165) is 17.7 Å². The van der Waals surface area contributed by atoms with E-state index in [2.05, 4.69) is 17.1 Å². The maximum Gasteiger partial charge on any atom is 0.303 e. The summed E-state index contributed by atoms with van der Waals surface area (Å²) >= 11 is 0. The molecule has 2 rings (SSSR count). The summed E-state index contributed by atoms with van der Waals surface area (Å²) in [5, 5.41) is 15.6. The molecule has 0 bridgehead atoms. The van der Waals surface area contributed by atoms with Crippen molar-refractivity contribution >= 4 is 5.97 Å². The molecule has 0 aromatic carbocycles. The van der Waals surface area contributed by atoms with Gasteiger partial charge >= 0.3 is 5.97 Å². The van der Waals surface area contributed by atoms with Crippen molar-refractivity contribution in [2.24, 2.45) is 5.92 Å². The normalized spacial score (nSPS) is 25.9. The van der Waals surface area contributed by atoms with Crippen LogP contribution < -0.4 is 0 Å². The van der Waals surface area contributed by atoms with Crippen molar-refractivity contribution in [2.75, 3.05) is 0 Å². The smallest absolute Gasteiger partial charge is 0.303 e. The van der Waals surface area contributed by atoms with Gasteiger partial charge in [0.25, 0.3) is 0 Å². The van der Waals surface area contributed by atoms with Crippen molar-refractivity contribution in [3.05, 3.63) is 17.5 Å². The van der Waals surface area contributed by atoms with E-state index in [0.29, 0.717) is 5.92 Å². The van der Waals surface area contributed by atoms with Gasteiger partial charge in [-0.05, 0) is 17.9 Å². The Kier molecular flexibility index (Phi) is 1.83. The third kappa shape index (κ3) is 1.32. The number of aromatic amines is 1. The van der Waals surface area contributed by atoms with E-state index in [-0.39, 0.29) is 12.3 Å². The minimum absolute atomic E-state index is 0.145. The Hall–Kier alpha value is -1.32. The molecule has 0 radical (unpaired) electrons. The highest BCUT2D eigenvalue weighted by Gasteiger charge is 2.32. The molecule has 70 valence electrons. The van der Waals surface area contributed by atoms with E-state index in [1.54, 1.807) is 6.20 Å². The van der Waals surface area contributed by atoms with Gasteiger partial charge in [0.1, 0.15) is 0 Å². The minimum atomic E-state index is -0.731. The van der Waals surface area contributed by atoms with Gasteiger partial charge in [-0.1, -0.05) is 6.92 Å². The summed E-state index contributed by atoms with van der Waals surface area (Å²) in [6.45, 7) is 2.08. The van der Waals surface area contributed by atoms with Gasteiger partial charge in [0.15, 0.2) is 0 Å². The minimum Gasteiger partial charge on any atom is -0.481 e. The van der Waals surface area contributed by atoms with E-state index in [1.807, 2.05) is 0 Å². The van der Waals surface area contributed by atoms with Crippen molar-refractivity contribution in [1.29, 1.82) is 0 Å². The maximum absolute atomic E-state index is 10.6. The second-order valence-corrected chi connectivity index (χ2v) is 3.69. The molecule has 1 aliphatic rings. The standard InChI is InChI=1S/C9H12N2O2/c1-5-2-8-7(4-10-11-8)6(5)3-9(12)13/h4-6H,2-3H2,1H3,(H,10,11)(H,12,13). The van der Waals surface area contributed by atoms with Crippen LogP contribution in [0.25, 0.3) is 0 Å². The number of nitrogens with zero attached hydrogens (tertiary/aromatic N) is 1. The molecular formula is C9H12N2O2. The number of aromatic nitrogens is 2. The van der Waals surface area contributed by atoms with Gasteiger partial charge in [-0.2, -0.15) is 5.10 Å². The predicted molar refractivity (Wildman–Crippen MR) is 46.4 cm³/mol. The Morgan fingerprint density at radius 2 is 2.62 bits per heavy atom. The molecule has 13 heavy (non-hydrogen) atoms. The lowest BCUT2D eigenvalue weighted by atomic mass is 9.92. The van der Waals surface area contributed by atoms with Crippen molar-refractivity contribution < 1.29 is 9.90 Å². The molecule has 0 saturated heterocycles. The first-order chi connectivity index (χ1) is 6.18. The molecule has 2 unspecified atom stereocenters. The summed E-state index contributed by atoms with van der Waals surface area (Å²) in [4.78, 5) is 10.6. The summed E-state index contributed by atoms with van der Waals surface area (Å²) in [6.07, 6.45) is 2.90. The number of carboxylic acid groups (broad SMARTS) is 1. The van der Waals surface area contributed by atoms with Crippen molar-refractivity contribution in [2.45, 2.75) is 25.7 Å². The molecule has 0 amide bonds. The van der Waals surface area contributed by atoms with E-state index in [9.17, 15) is 4.79 Å². The Morgan fingerprint density at radius 1 is 1.85 bits per heavy atom. The molecule has 1 heterocycles. The van der Waals surface area contributed by atoms with Crippen LogP contribution in [0.5, 0.6) is 0 Å².